The first kappa shape index (κ1) is 20.3. The fraction of sp³-hybridized carbons (Fsp3) is 0.167. The van der Waals surface area contributed by atoms with Crippen LogP contribution in [0.1, 0.15) is 21.6 Å². The van der Waals surface area contributed by atoms with Gasteiger partial charge < -0.3 is 23.9 Å². The molecule has 31 heavy (non-hydrogen) atoms. The van der Waals surface area contributed by atoms with E-state index in [1.807, 2.05) is 35.9 Å². The molecule has 4 aromatic rings. The summed E-state index contributed by atoms with van der Waals surface area (Å²) >= 11 is 0. The van der Waals surface area contributed by atoms with Crippen LogP contribution < -0.4 is 19.5 Å². The number of benzene rings is 2. The number of anilines is 1. The van der Waals surface area contributed by atoms with Gasteiger partial charge in [0.1, 0.15) is 29.5 Å². The van der Waals surface area contributed by atoms with Crippen molar-refractivity contribution in [1.82, 2.24) is 9.38 Å². The highest BCUT2D eigenvalue weighted by atomic mass is 16.5. The number of nitrogens with one attached hydrogen (secondary N) is 1. The SMILES string of the molecule is COc1ccc(NC(=O)c2ccc(OCc3cn4cc(C)ccc4n3)cc2)c(OC)c1. The van der Waals surface area contributed by atoms with Crippen LogP contribution in [0.25, 0.3) is 5.65 Å². The lowest BCUT2D eigenvalue weighted by atomic mass is 10.2. The lowest BCUT2D eigenvalue weighted by Gasteiger charge is -2.12. The Balaban J connectivity index is 1.39. The second-order valence-electron chi connectivity index (χ2n) is 7.04. The van der Waals surface area contributed by atoms with E-state index in [-0.39, 0.29) is 5.91 Å². The fourth-order valence-corrected chi connectivity index (χ4v) is 3.18. The summed E-state index contributed by atoms with van der Waals surface area (Å²) in [6.45, 7) is 2.38. The first-order valence-electron chi connectivity index (χ1n) is 9.76. The van der Waals surface area contributed by atoms with Gasteiger partial charge in [-0.2, -0.15) is 0 Å². The third kappa shape index (κ3) is 4.61. The maximum Gasteiger partial charge on any atom is 0.255 e. The van der Waals surface area contributed by atoms with Crippen molar-refractivity contribution in [2.45, 2.75) is 13.5 Å². The van der Waals surface area contributed by atoms with Gasteiger partial charge in [0.2, 0.25) is 0 Å². The van der Waals surface area contributed by atoms with E-state index in [4.69, 9.17) is 14.2 Å². The van der Waals surface area contributed by atoms with Gasteiger partial charge in [0.15, 0.2) is 0 Å². The smallest absolute Gasteiger partial charge is 0.255 e. The maximum absolute atomic E-state index is 12.6. The van der Waals surface area contributed by atoms with Gasteiger partial charge in [-0.1, -0.05) is 6.07 Å². The molecule has 2 heterocycles. The highest BCUT2D eigenvalue weighted by molar-refractivity contribution is 6.05. The lowest BCUT2D eigenvalue weighted by Crippen LogP contribution is -2.12. The van der Waals surface area contributed by atoms with Crippen molar-refractivity contribution in [3.05, 3.63) is 83.8 Å². The van der Waals surface area contributed by atoms with Crippen LogP contribution in [0.3, 0.4) is 0 Å². The summed E-state index contributed by atoms with van der Waals surface area (Å²) in [6, 6.07) is 16.2. The van der Waals surface area contributed by atoms with Crippen LogP contribution >= 0.6 is 0 Å². The monoisotopic (exact) mass is 417 g/mol. The maximum atomic E-state index is 12.6. The van der Waals surface area contributed by atoms with E-state index < -0.39 is 0 Å². The third-order valence-electron chi connectivity index (χ3n) is 4.81. The number of hydrogen-bond donors (Lipinski definition) is 1. The number of ether oxygens (including phenoxy) is 3. The molecule has 7 heteroatoms. The third-order valence-corrected chi connectivity index (χ3v) is 4.81. The number of nitrogens with zero attached hydrogens (tertiary/aromatic N) is 2. The molecule has 0 unspecified atom stereocenters. The van der Waals surface area contributed by atoms with Gasteiger partial charge in [0.25, 0.3) is 5.91 Å². The number of carbonyl (C=O) groups excluding carboxylic acids is 1. The van der Waals surface area contributed by atoms with E-state index in [1.54, 1.807) is 56.7 Å². The van der Waals surface area contributed by atoms with Crippen molar-refractivity contribution in [3.8, 4) is 17.2 Å². The highest BCUT2D eigenvalue weighted by Crippen LogP contribution is 2.29. The zero-order valence-corrected chi connectivity index (χ0v) is 17.6. The van der Waals surface area contributed by atoms with Crippen LogP contribution in [0.15, 0.2) is 67.0 Å². The van der Waals surface area contributed by atoms with E-state index in [9.17, 15) is 4.79 Å². The molecule has 0 radical (unpaired) electrons. The van der Waals surface area contributed by atoms with Crippen LogP contribution in [0, 0.1) is 6.92 Å². The molecule has 0 atom stereocenters. The Bertz CT molecular complexity index is 1220. The largest absolute Gasteiger partial charge is 0.497 e. The Morgan fingerprint density at radius 2 is 1.74 bits per heavy atom. The second kappa shape index (κ2) is 8.79. The average molecular weight is 417 g/mol. The molecular formula is C24H23N3O4. The minimum absolute atomic E-state index is 0.245. The fourth-order valence-electron chi connectivity index (χ4n) is 3.18. The Morgan fingerprint density at radius 3 is 2.48 bits per heavy atom. The summed E-state index contributed by atoms with van der Waals surface area (Å²) in [7, 11) is 3.12. The van der Waals surface area contributed by atoms with Crippen molar-refractivity contribution in [3.63, 3.8) is 0 Å². The van der Waals surface area contributed by atoms with E-state index in [0.717, 1.165) is 11.3 Å². The number of hydrogen-bond acceptors (Lipinski definition) is 5. The number of pyridine rings is 1. The molecule has 158 valence electrons. The molecule has 0 spiro atoms. The molecule has 4 rings (SSSR count). The van der Waals surface area contributed by atoms with Crippen LogP contribution in [-0.2, 0) is 6.61 Å². The van der Waals surface area contributed by atoms with Crippen molar-refractivity contribution >= 4 is 17.2 Å². The standard InChI is InChI=1S/C24H23N3O4/c1-16-4-11-23-25-18(14-27(23)13-16)15-31-19-7-5-17(6-8-19)24(28)26-21-10-9-20(29-2)12-22(21)30-3/h4-14H,15H2,1-3H3,(H,26,28). The molecule has 0 aliphatic carbocycles. The van der Waals surface area contributed by atoms with Crippen LogP contribution in [0.2, 0.25) is 0 Å². The quantitative estimate of drug-likeness (QED) is 0.480. The van der Waals surface area contributed by atoms with Gasteiger partial charge in [0.05, 0.1) is 25.6 Å². The Morgan fingerprint density at radius 1 is 0.968 bits per heavy atom. The molecule has 2 aromatic heterocycles. The minimum Gasteiger partial charge on any atom is -0.497 e. The average Bonchev–Trinajstić information content (AvgIpc) is 3.20. The summed E-state index contributed by atoms with van der Waals surface area (Å²) in [5.41, 5.74) is 3.95. The molecule has 1 amide bonds. The number of carbonyl (C=O) groups is 1. The number of aryl methyl sites for hydroxylation is 1. The minimum atomic E-state index is -0.245. The summed E-state index contributed by atoms with van der Waals surface area (Å²) in [4.78, 5) is 17.1. The molecular weight excluding hydrogens is 394 g/mol. The first-order valence-corrected chi connectivity index (χ1v) is 9.76. The Kier molecular flexibility index (Phi) is 5.75. The van der Waals surface area contributed by atoms with Crippen molar-refractivity contribution < 1.29 is 19.0 Å². The van der Waals surface area contributed by atoms with E-state index in [1.165, 1.54) is 5.56 Å². The highest BCUT2D eigenvalue weighted by Gasteiger charge is 2.11. The summed E-state index contributed by atoms with van der Waals surface area (Å²) in [5.74, 6) is 1.59. The van der Waals surface area contributed by atoms with Crippen LogP contribution in [0.4, 0.5) is 5.69 Å². The molecule has 0 saturated carbocycles. The first-order chi connectivity index (χ1) is 15.1. The van der Waals surface area contributed by atoms with Gasteiger partial charge in [-0.15, -0.1) is 0 Å². The molecule has 7 nitrogen and oxygen atoms in total. The van der Waals surface area contributed by atoms with Crippen molar-refractivity contribution in [2.24, 2.45) is 0 Å². The number of rotatable bonds is 7. The van der Waals surface area contributed by atoms with Gasteiger partial charge >= 0.3 is 0 Å². The molecule has 1 N–H and O–H groups in total. The number of aromatic nitrogens is 2. The Labute approximate surface area is 180 Å². The summed E-state index contributed by atoms with van der Waals surface area (Å²) < 4.78 is 18.3. The lowest BCUT2D eigenvalue weighted by molar-refractivity contribution is 0.102. The van der Waals surface area contributed by atoms with Crippen molar-refractivity contribution in [1.29, 1.82) is 0 Å². The molecule has 0 aliphatic heterocycles. The van der Waals surface area contributed by atoms with Gasteiger partial charge in [-0.3, -0.25) is 4.79 Å². The molecule has 0 saturated heterocycles. The zero-order chi connectivity index (χ0) is 21.8. The molecule has 0 aliphatic rings. The predicted molar refractivity (Wildman–Crippen MR) is 118 cm³/mol. The molecule has 0 fully saturated rings. The van der Waals surface area contributed by atoms with E-state index in [2.05, 4.69) is 10.3 Å². The van der Waals surface area contributed by atoms with Gasteiger partial charge in [-0.25, -0.2) is 4.98 Å². The van der Waals surface area contributed by atoms with Crippen molar-refractivity contribution in [2.75, 3.05) is 19.5 Å². The number of imidazole rings is 1. The van der Waals surface area contributed by atoms with Crippen LogP contribution in [0.5, 0.6) is 17.2 Å². The number of fused-ring (bicyclic) bond motifs is 1. The summed E-state index contributed by atoms with van der Waals surface area (Å²) in [6.07, 6.45) is 3.98. The Hall–Kier alpha value is -4.00. The predicted octanol–water partition coefficient (Wildman–Crippen LogP) is 4.49. The second-order valence-corrected chi connectivity index (χ2v) is 7.04. The molecule has 2 aromatic carbocycles. The van der Waals surface area contributed by atoms with E-state index >= 15 is 0 Å². The zero-order valence-electron chi connectivity index (χ0n) is 17.6. The number of amides is 1. The van der Waals surface area contributed by atoms with Gasteiger partial charge in [-0.05, 0) is 55.0 Å². The normalized spacial score (nSPS) is 10.7. The van der Waals surface area contributed by atoms with Gasteiger partial charge in [0, 0.05) is 24.0 Å². The van der Waals surface area contributed by atoms with Crippen LogP contribution in [-0.4, -0.2) is 29.5 Å². The summed E-state index contributed by atoms with van der Waals surface area (Å²) in [5, 5.41) is 2.85. The molecule has 0 bridgehead atoms. The topological polar surface area (TPSA) is 74.1 Å². The number of methoxy groups -OCH3 is 2. The van der Waals surface area contributed by atoms with E-state index in [0.29, 0.717) is 35.1 Å².